The molecule has 3 nitrogen and oxygen atoms in total. The highest BCUT2D eigenvalue weighted by Crippen LogP contribution is 2.13. The van der Waals surface area contributed by atoms with Crippen LogP contribution in [0.1, 0.15) is 6.92 Å². The first kappa shape index (κ1) is 13.3. The van der Waals surface area contributed by atoms with Gasteiger partial charge in [-0.2, -0.15) is 0 Å². The summed E-state index contributed by atoms with van der Waals surface area (Å²) < 4.78 is 18.6. The van der Waals surface area contributed by atoms with Crippen molar-refractivity contribution in [3.63, 3.8) is 0 Å². The van der Waals surface area contributed by atoms with Crippen molar-refractivity contribution in [3.05, 3.63) is 30.1 Å². The second-order valence-corrected chi connectivity index (χ2v) is 4.92. The smallest absolute Gasteiger partial charge is 0.126 e. The van der Waals surface area contributed by atoms with Crippen molar-refractivity contribution in [2.45, 2.75) is 6.92 Å². The third kappa shape index (κ3) is 4.27. The predicted octanol–water partition coefficient (Wildman–Crippen LogP) is 1.75. The molecule has 1 aliphatic rings. The van der Waals surface area contributed by atoms with Gasteiger partial charge in [-0.3, -0.25) is 0 Å². The largest absolute Gasteiger partial charge is 0.493 e. The molecule has 1 heterocycles. The van der Waals surface area contributed by atoms with Gasteiger partial charge in [0.25, 0.3) is 0 Å². The average Bonchev–Trinajstić information content (AvgIpc) is 2.38. The molecule has 1 aromatic rings. The van der Waals surface area contributed by atoms with Gasteiger partial charge < -0.3 is 15.0 Å². The third-order valence-electron chi connectivity index (χ3n) is 3.11. The topological polar surface area (TPSA) is 24.5 Å². The first-order valence-corrected chi connectivity index (χ1v) is 6.55. The van der Waals surface area contributed by atoms with E-state index >= 15 is 0 Å². The first-order valence-electron chi connectivity index (χ1n) is 6.55. The molecule has 4 heteroatoms. The van der Waals surface area contributed by atoms with Gasteiger partial charge in [0.1, 0.15) is 11.6 Å². The third-order valence-corrected chi connectivity index (χ3v) is 3.11. The van der Waals surface area contributed by atoms with Crippen LogP contribution in [0, 0.1) is 11.7 Å². The first-order chi connectivity index (χ1) is 8.74. The minimum absolute atomic E-state index is 0.248. The van der Waals surface area contributed by atoms with Crippen molar-refractivity contribution in [1.29, 1.82) is 0 Å². The SMILES string of the molecule is CC(COc1cccc(F)c1)CN1CCNCC1. The number of nitrogens with zero attached hydrogens (tertiary/aromatic N) is 1. The number of hydrogen-bond donors (Lipinski definition) is 1. The molecule has 0 aromatic heterocycles. The number of nitrogens with one attached hydrogen (secondary N) is 1. The summed E-state index contributed by atoms with van der Waals surface area (Å²) in [5.41, 5.74) is 0. The standard InChI is InChI=1S/C14H21FN2O/c1-12(10-17-7-5-16-6-8-17)11-18-14-4-2-3-13(15)9-14/h2-4,9,12,16H,5-8,10-11H2,1H3. The summed E-state index contributed by atoms with van der Waals surface area (Å²) in [6.07, 6.45) is 0. The minimum atomic E-state index is -0.248. The molecule has 0 amide bonds. The second-order valence-electron chi connectivity index (χ2n) is 4.92. The number of piperazine rings is 1. The molecule has 2 rings (SSSR count). The van der Waals surface area contributed by atoms with Gasteiger partial charge in [-0.1, -0.05) is 13.0 Å². The molecule has 0 spiro atoms. The van der Waals surface area contributed by atoms with Gasteiger partial charge in [0.05, 0.1) is 6.61 Å². The molecule has 0 radical (unpaired) electrons. The van der Waals surface area contributed by atoms with Crippen molar-refractivity contribution in [3.8, 4) is 5.75 Å². The zero-order chi connectivity index (χ0) is 12.8. The Labute approximate surface area is 108 Å². The highest BCUT2D eigenvalue weighted by Gasteiger charge is 2.13. The molecule has 1 unspecified atom stereocenters. The van der Waals surface area contributed by atoms with Crippen molar-refractivity contribution in [2.24, 2.45) is 5.92 Å². The molecular formula is C14H21FN2O. The van der Waals surface area contributed by atoms with Crippen molar-refractivity contribution in [2.75, 3.05) is 39.3 Å². The van der Waals surface area contributed by atoms with Gasteiger partial charge in [-0.25, -0.2) is 4.39 Å². The van der Waals surface area contributed by atoms with Crippen LogP contribution in [0.25, 0.3) is 0 Å². The molecule has 100 valence electrons. The Morgan fingerprint density at radius 1 is 1.39 bits per heavy atom. The molecule has 0 bridgehead atoms. The summed E-state index contributed by atoms with van der Waals surface area (Å²) >= 11 is 0. The Balaban J connectivity index is 1.72. The molecule has 1 saturated heterocycles. The Kier molecular flexibility index (Phi) is 4.96. The maximum absolute atomic E-state index is 13.0. The zero-order valence-electron chi connectivity index (χ0n) is 10.9. The number of benzene rings is 1. The van der Waals surface area contributed by atoms with Gasteiger partial charge in [-0.15, -0.1) is 0 Å². The van der Waals surface area contributed by atoms with Crippen LogP contribution in [-0.2, 0) is 0 Å². The van der Waals surface area contributed by atoms with Crippen LogP contribution in [0.3, 0.4) is 0 Å². The summed E-state index contributed by atoms with van der Waals surface area (Å²) in [4.78, 5) is 2.44. The number of ether oxygens (including phenoxy) is 1. The van der Waals surface area contributed by atoms with E-state index in [0.717, 1.165) is 32.7 Å². The van der Waals surface area contributed by atoms with E-state index in [9.17, 15) is 4.39 Å². The van der Waals surface area contributed by atoms with Crippen LogP contribution in [0.2, 0.25) is 0 Å². The van der Waals surface area contributed by atoms with Gasteiger partial charge in [0.15, 0.2) is 0 Å². The fourth-order valence-corrected chi connectivity index (χ4v) is 2.18. The molecular weight excluding hydrogens is 231 g/mol. The summed E-state index contributed by atoms with van der Waals surface area (Å²) in [5, 5.41) is 3.34. The Morgan fingerprint density at radius 2 is 2.17 bits per heavy atom. The van der Waals surface area contributed by atoms with Crippen molar-refractivity contribution in [1.82, 2.24) is 10.2 Å². The fraction of sp³-hybridized carbons (Fsp3) is 0.571. The second kappa shape index (κ2) is 6.71. The Morgan fingerprint density at radius 3 is 2.89 bits per heavy atom. The molecule has 0 aliphatic carbocycles. The highest BCUT2D eigenvalue weighted by atomic mass is 19.1. The quantitative estimate of drug-likeness (QED) is 0.864. The van der Waals surface area contributed by atoms with Gasteiger partial charge in [0, 0.05) is 44.7 Å². The molecule has 1 fully saturated rings. The normalized spacial score (nSPS) is 18.6. The van der Waals surface area contributed by atoms with E-state index < -0.39 is 0 Å². The van der Waals surface area contributed by atoms with Crippen LogP contribution >= 0.6 is 0 Å². The summed E-state index contributed by atoms with van der Waals surface area (Å²) in [7, 11) is 0. The van der Waals surface area contributed by atoms with Gasteiger partial charge in [-0.05, 0) is 12.1 Å². The monoisotopic (exact) mass is 252 g/mol. The van der Waals surface area contributed by atoms with Gasteiger partial charge >= 0.3 is 0 Å². The van der Waals surface area contributed by atoms with Crippen molar-refractivity contribution < 1.29 is 9.13 Å². The van der Waals surface area contributed by atoms with Crippen LogP contribution in [0.4, 0.5) is 4.39 Å². The van der Waals surface area contributed by atoms with Crippen LogP contribution in [-0.4, -0.2) is 44.2 Å². The average molecular weight is 252 g/mol. The van der Waals surface area contributed by atoms with E-state index in [2.05, 4.69) is 17.1 Å². The Hall–Kier alpha value is -1.13. The van der Waals surface area contributed by atoms with Crippen molar-refractivity contribution >= 4 is 0 Å². The van der Waals surface area contributed by atoms with Crippen LogP contribution in [0.5, 0.6) is 5.75 Å². The highest BCUT2D eigenvalue weighted by molar-refractivity contribution is 5.22. The van der Waals surface area contributed by atoms with E-state index in [0.29, 0.717) is 18.3 Å². The molecule has 1 aliphatic heterocycles. The lowest BCUT2D eigenvalue weighted by molar-refractivity contribution is 0.171. The van der Waals surface area contributed by atoms with E-state index in [4.69, 9.17) is 4.74 Å². The lowest BCUT2D eigenvalue weighted by Gasteiger charge is -2.29. The predicted molar refractivity (Wildman–Crippen MR) is 70.4 cm³/mol. The van der Waals surface area contributed by atoms with Crippen LogP contribution in [0.15, 0.2) is 24.3 Å². The van der Waals surface area contributed by atoms with Crippen LogP contribution < -0.4 is 10.1 Å². The number of rotatable bonds is 5. The number of hydrogen-bond acceptors (Lipinski definition) is 3. The summed E-state index contributed by atoms with van der Waals surface area (Å²) in [6, 6.07) is 6.32. The fourth-order valence-electron chi connectivity index (χ4n) is 2.18. The van der Waals surface area contributed by atoms with E-state index in [1.807, 2.05) is 0 Å². The van der Waals surface area contributed by atoms with Gasteiger partial charge in [0.2, 0.25) is 0 Å². The zero-order valence-corrected chi connectivity index (χ0v) is 10.9. The summed E-state index contributed by atoms with van der Waals surface area (Å²) in [6.45, 7) is 8.18. The summed E-state index contributed by atoms with van der Waals surface area (Å²) in [5.74, 6) is 0.816. The molecule has 1 aromatic carbocycles. The lowest BCUT2D eigenvalue weighted by atomic mass is 10.1. The molecule has 0 saturated carbocycles. The maximum Gasteiger partial charge on any atom is 0.126 e. The van der Waals surface area contributed by atoms with E-state index in [1.165, 1.54) is 12.1 Å². The maximum atomic E-state index is 13.0. The lowest BCUT2D eigenvalue weighted by Crippen LogP contribution is -2.45. The number of halogens is 1. The Bertz CT molecular complexity index is 367. The van der Waals surface area contributed by atoms with E-state index in [-0.39, 0.29) is 5.82 Å². The molecule has 18 heavy (non-hydrogen) atoms. The molecule has 1 atom stereocenters. The minimum Gasteiger partial charge on any atom is -0.493 e. The molecule has 1 N–H and O–H groups in total. The van der Waals surface area contributed by atoms with E-state index in [1.54, 1.807) is 12.1 Å².